The van der Waals surface area contributed by atoms with Crippen molar-refractivity contribution in [2.45, 2.75) is 12.1 Å². The number of hydrogen-bond donors (Lipinski definition) is 1. The molecule has 1 N–H and O–H groups in total. The van der Waals surface area contributed by atoms with Gasteiger partial charge in [0, 0.05) is 11.9 Å². The molecule has 0 spiro atoms. The van der Waals surface area contributed by atoms with E-state index in [-0.39, 0.29) is 11.7 Å². The fourth-order valence-electron chi connectivity index (χ4n) is 1.85. The van der Waals surface area contributed by atoms with E-state index in [0.717, 1.165) is 16.7 Å². The van der Waals surface area contributed by atoms with Crippen LogP contribution in [0.1, 0.15) is 17.2 Å². The third kappa shape index (κ3) is 4.41. The van der Waals surface area contributed by atoms with Crippen molar-refractivity contribution < 1.29 is 27.1 Å². The Kier molecular flexibility index (Phi) is 5.19. The van der Waals surface area contributed by atoms with Crippen LogP contribution in [0.4, 0.5) is 22.7 Å². The minimum Gasteiger partial charge on any atom is -0.468 e. The van der Waals surface area contributed by atoms with Gasteiger partial charge in [0.05, 0.1) is 13.0 Å². The Morgan fingerprint density at radius 3 is 2.52 bits per heavy atom. The minimum absolute atomic E-state index is 0.0247. The third-order valence-corrected chi connectivity index (χ3v) is 3.81. The number of carbonyl (C=O) groups is 1. The number of alkyl halides is 3. The summed E-state index contributed by atoms with van der Waals surface area (Å²) < 4.78 is 55.1. The standard InChI is InChI=1S/C14H12F4N2O2S/c1-22-12(21)10(8-2-4-9(15)5-3-8)6-19-13-20-11(7-23-13)14(16,17)18/h2-5,7,10H,6H2,1H3,(H,19,20). The number of carbonyl (C=O) groups excluding carboxylic acids is 1. The van der Waals surface area contributed by atoms with Gasteiger partial charge in [-0.1, -0.05) is 12.1 Å². The maximum Gasteiger partial charge on any atom is 0.434 e. The van der Waals surface area contributed by atoms with Crippen LogP contribution in [0.5, 0.6) is 0 Å². The van der Waals surface area contributed by atoms with Crippen molar-refractivity contribution >= 4 is 22.4 Å². The lowest BCUT2D eigenvalue weighted by Gasteiger charge is -2.15. The van der Waals surface area contributed by atoms with Crippen molar-refractivity contribution in [3.05, 3.63) is 46.7 Å². The predicted octanol–water partition coefficient (Wildman–Crippen LogP) is 3.67. The molecular formula is C14H12F4N2O2S. The molecule has 0 saturated carbocycles. The first-order valence-electron chi connectivity index (χ1n) is 6.41. The summed E-state index contributed by atoms with van der Waals surface area (Å²) in [4.78, 5) is 15.2. The summed E-state index contributed by atoms with van der Waals surface area (Å²) >= 11 is 0.781. The first-order valence-corrected chi connectivity index (χ1v) is 7.29. The van der Waals surface area contributed by atoms with Crippen LogP contribution in [0.25, 0.3) is 0 Å². The normalized spacial score (nSPS) is 12.7. The van der Waals surface area contributed by atoms with E-state index in [1.54, 1.807) is 0 Å². The van der Waals surface area contributed by atoms with E-state index < -0.39 is 29.6 Å². The molecule has 1 atom stereocenters. The molecule has 0 fully saturated rings. The Bertz CT molecular complexity index is 670. The summed E-state index contributed by atoms with van der Waals surface area (Å²) in [6.07, 6.45) is -4.52. The lowest BCUT2D eigenvalue weighted by molar-refractivity contribution is -0.142. The Labute approximate surface area is 133 Å². The highest BCUT2D eigenvalue weighted by Crippen LogP contribution is 2.32. The molecule has 0 aliphatic carbocycles. The molecule has 124 valence electrons. The number of nitrogens with zero attached hydrogens (tertiary/aromatic N) is 1. The van der Waals surface area contributed by atoms with Gasteiger partial charge in [0.2, 0.25) is 0 Å². The van der Waals surface area contributed by atoms with Crippen LogP contribution < -0.4 is 5.32 Å². The van der Waals surface area contributed by atoms with Crippen molar-refractivity contribution in [3.8, 4) is 0 Å². The molecule has 4 nitrogen and oxygen atoms in total. The van der Waals surface area contributed by atoms with E-state index >= 15 is 0 Å². The predicted molar refractivity (Wildman–Crippen MR) is 76.8 cm³/mol. The number of aromatic nitrogens is 1. The number of anilines is 1. The highest BCUT2D eigenvalue weighted by Gasteiger charge is 2.34. The quantitative estimate of drug-likeness (QED) is 0.662. The highest BCUT2D eigenvalue weighted by atomic mass is 32.1. The maximum absolute atomic E-state index is 13.0. The molecule has 1 unspecified atom stereocenters. The first kappa shape index (κ1) is 17.2. The summed E-state index contributed by atoms with van der Waals surface area (Å²) in [5.41, 5.74) is -0.514. The van der Waals surface area contributed by atoms with Gasteiger partial charge >= 0.3 is 12.1 Å². The van der Waals surface area contributed by atoms with E-state index in [1.807, 2.05) is 0 Å². The van der Waals surface area contributed by atoms with Crippen LogP contribution in [-0.4, -0.2) is 24.6 Å². The Morgan fingerprint density at radius 2 is 2.00 bits per heavy atom. The van der Waals surface area contributed by atoms with Gasteiger partial charge in [0.25, 0.3) is 0 Å². The first-order chi connectivity index (χ1) is 10.8. The van der Waals surface area contributed by atoms with Gasteiger partial charge in [-0.25, -0.2) is 9.37 Å². The van der Waals surface area contributed by atoms with Crippen molar-refractivity contribution in [1.29, 1.82) is 0 Å². The van der Waals surface area contributed by atoms with Crippen LogP contribution in [-0.2, 0) is 15.7 Å². The summed E-state index contributed by atoms with van der Waals surface area (Å²) in [7, 11) is 1.20. The zero-order chi connectivity index (χ0) is 17.0. The number of benzene rings is 1. The second-order valence-corrected chi connectivity index (χ2v) is 5.40. The van der Waals surface area contributed by atoms with Gasteiger partial charge in [-0.2, -0.15) is 13.2 Å². The molecular weight excluding hydrogens is 336 g/mol. The maximum atomic E-state index is 13.0. The molecule has 0 bridgehead atoms. The lowest BCUT2D eigenvalue weighted by atomic mass is 9.99. The van der Waals surface area contributed by atoms with Crippen LogP contribution in [0.2, 0.25) is 0 Å². The number of hydrogen-bond acceptors (Lipinski definition) is 5. The van der Waals surface area contributed by atoms with Crippen molar-refractivity contribution in [3.63, 3.8) is 0 Å². The van der Waals surface area contributed by atoms with Crippen molar-refractivity contribution in [1.82, 2.24) is 4.98 Å². The summed E-state index contributed by atoms with van der Waals surface area (Å²) in [6, 6.07) is 5.22. The van der Waals surface area contributed by atoms with Crippen LogP contribution >= 0.6 is 11.3 Å². The monoisotopic (exact) mass is 348 g/mol. The van der Waals surface area contributed by atoms with E-state index in [9.17, 15) is 22.4 Å². The average molecular weight is 348 g/mol. The third-order valence-electron chi connectivity index (χ3n) is 3.01. The molecule has 0 radical (unpaired) electrons. The van der Waals surface area contributed by atoms with E-state index in [2.05, 4.69) is 15.0 Å². The Morgan fingerprint density at radius 1 is 1.35 bits per heavy atom. The SMILES string of the molecule is COC(=O)C(CNc1nc(C(F)(F)F)cs1)c1ccc(F)cc1. The van der Waals surface area contributed by atoms with Crippen molar-refractivity contribution in [2.24, 2.45) is 0 Å². The molecule has 0 saturated heterocycles. The van der Waals surface area contributed by atoms with E-state index in [1.165, 1.54) is 31.4 Å². The van der Waals surface area contributed by atoms with E-state index in [0.29, 0.717) is 5.56 Å². The van der Waals surface area contributed by atoms with Gasteiger partial charge < -0.3 is 10.1 Å². The van der Waals surface area contributed by atoms with Crippen LogP contribution in [0.15, 0.2) is 29.6 Å². The molecule has 2 aromatic rings. The van der Waals surface area contributed by atoms with Gasteiger partial charge in [-0.15, -0.1) is 11.3 Å². The van der Waals surface area contributed by atoms with Gasteiger partial charge in [0.15, 0.2) is 10.8 Å². The van der Waals surface area contributed by atoms with Gasteiger partial charge in [-0.05, 0) is 17.7 Å². The summed E-state index contributed by atoms with van der Waals surface area (Å²) in [5.74, 6) is -1.84. The zero-order valence-corrected chi connectivity index (χ0v) is 12.7. The smallest absolute Gasteiger partial charge is 0.434 e. The zero-order valence-electron chi connectivity index (χ0n) is 11.9. The number of halogens is 4. The second-order valence-electron chi connectivity index (χ2n) is 4.54. The number of rotatable bonds is 5. The largest absolute Gasteiger partial charge is 0.468 e. The number of thiazole rings is 1. The van der Waals surface area contributed by atoms with Gasteiger partial charge in [0.1, 0.15) is 5.82 Å². The molecule has 0 aliphatic rings. The Hall–Kier alpha value is -2.16. The molecule has 0 aliphatic heterocycles. The topological polar surface area (TPSA) is 51.2 Å². The number of methoxy groups -OCH3 is 1. The number of esters is 1. The molecule has 9 heteroatoms. The minimum atomic E-state index is -4.52. The summed E-state index contributed by atoms with van der Waals surface area (Å²) in [5, 5.41) is 3.60. The van der Waals surface area contributed by atoms with E-state index in [4.69, 9.17) is 0 Å². The molecule has 1 heterocycles. The fraction of sp³-hybridized carbons (Fsp3) is 0.286. The second kappa shape index (κ2) is 6.95. The average Bonchev–Trinajstić information content (AvgIpc) is 2.98. The molecule has 23 heavy (non-hydrogen) atoms. The summed E-state index contributed by atoms with van der Waals surface area (Å²) in [6.45, 7) is -0.0247. The molecule has 0 amide bonds. The van der Waals surface area contributed by atoms with Crippen LogP contribution in [0.3, 0.4) is 0 Å². The number of ether oxygens (including phenoxy) is 1. The Balaban J connectivity index is 2.11. The van der Waals surface area contributed by atoms with Crippen molar-refractivity contribution in [2.75, 3.05) is 19.0 Å². The molecule has 1 aromatic carbocycles. The van der Waals surface area contributed by atoms with Gasteiger partial charge in [-0.3, -0.25) is 4.79 Å². The van der Waals surface area contributed by atoms with Crippen LogP contribution in [0, 0.1) is 5.82 Å². The highest BCUT2D eigenvalue weighted by molar-refractivity contribution is 7.13. The number of nitrogens with one attached hydrogen (secondary N) is 1. The molecule has 2 rings (SSSR count). The lowest BCUT2D eigenvalue weighted by Crippen LogP contribution is -2.22. The molecule has 1 aromatic heterocycles. The fourth-order valence-corrected chi connectivity index (χ4v) is 2.58.